The molecule has 0 radical (unpaired) electrons. The molecule has 112 valence electrons. The number of ether oxygens (including phenoxy) is 1. The van der Waals surface area contributed by atoms with Gasteiger partial charge in [-0.3, -0.25) is 14.9 Å². The fraction of sp³-hybridized carbons (Fsp3) is 0.364. The largest absolute Gasteiger partial charge is 0.479 e. The molecule has 1 aromatic heterocycles. The summed E-state index contributed by atoms with van der Waals surface area (Å²) in [6, 6.07) is 1.02. The topological polar surface area (TPSA) is 123 Å². The van der Waals surface area contributed by atoms with E-state index in [0.717, 1.165) is 12.3 Å². The molecule has 0 saturated carbocycles. The van der Waals surface area contributed by atoms with E-state index in [0.29, 0.717) is 0 Å². The first-order valence-corrected chi connectivity index (χ1v) is 6.21. The molecule has 1 fully saturated rings. The lowest BCUT2D eigenvalue weighted by atomic mass is 10.2. The zero-order chi connectivity index (χ0) is 15.6. The number of hydrogen-bond acceptors (Lipinski definition) is 6. The number of nitrogens with zero attached hydrogens (tertiary/aromatic N) is 3. The third-order valence-electron chi connectivity index (χ3n) is 2.89. The lowest BCUT2D eigenvalue weighted by Gasteiger charge is -2.30. The number of carboxylic acids is 1. The van der Waals surface area contributed by atoms with Crippen molar-refractivity contribution in [2.75, 3.05) is 19.7 Å². The quantitative estimate of drug-likeness (QED) is 0.491. The molecule has 0 aliphatic carbocycles. The van der Waals surface area contributed by atoms with E-state index in [-0.39, 0.29) is 36.1 Å². The van der Waals surface area contributed by atoms with Gasteiger partial charge in [0.2, 0.25) is 0 Å². The number of amides is 1. The maximum atomic E-state index is 12.3. The first-order chi connectivity index (χ1) is 9.90. The fourth-order valence-electron chi connectivity index (χ4n) is 1.84. The maximum absolute atomic E-state index is 12.3. The van der Waals surface area contributed by atoms with Gasteiger partial charge in [-0.25, -0.2) is 9.78 Å². The number of carbonyl (C=O) groups excluding carboxylic acids is 1. The van der Waals surface area contributed by atoms with Crippen molar-refractivity contribution in [3.8, 4) is 0 Å². The molecule has 21 heavy (non-hydrogen) atoms. The smallest absolute Gasteiger partial charge is 0.334 e. The number of halogens is 1. The van der Waals surface area contributed by atoms with Gasteiger partial charge in [0.1, 0.15) is 11.3 Å². The van der Waals surface area contributed by atoms with Gasteiger partial charge in [0, 0.05) is 12.6 Å². The number of pyridine rings is 1. The Morgan fingerprint density at radius 3 is 2.90 bits per heavy atom. The number of nitro groups is 1. The van der Waals surface area contributed by atoms with Crippen LogP contribution in [-0.4, -0.2) is 57.6 Å². The lowest BCUT2D eigenvalue weighted by molar-refractivity contribution is -0.385. The summed E-state index contributed by atoms with van der Waals surface area (Å²) in [5.74, 6) is -1.80. The highest BCUT2D eigenvalue weighted by Gasteiger charge is 2.31. The van der Waals surface area contributed by atoms with Crippen LogP contribution in [0.15, 0.2) is 12.3 Å². The van der Waals surface area contributed by atoms with Crippen LogP contribution in [0, 0.1) is 10.1 Å². The Labute approximate surface area is 123 Å². The molecule has 0 aromatic carbocycles. The van der Waals surface area contributed by atoms with Gasteiger partial charge in [0.25, 0.3) is 11.6 Å². The Morgan fingerprint density at radius 2 is 2.29 bits per heavy atom. The predicted molar refractivity (Wildman–Crippen MR) is 69.2 cm³/mol. The van der Waals surface area contributed by atoms with Crippen LogP contribution < -0.4 is 0 Å². The van der Waals surface area contributed by atoms with E-state index in [2.05, 4.69) is 4.98 Å². The van der Waals surface area contributed by atoms with Crippen molar-refractivity contribution in [1.82, 2.24) is 9.88 Å². The molecule has 1 atom stereocenters. The molecule has 1 unspecified atom stereocenters. The second kappa shape index (κ2) is 6.02. The molecule has 10 heteroatoms. The monoisotopic (exact) mass is 315 g/mol. The molecule has 1 aliphatic rings. The van der Waals surface area contributed by atoms with Crippen molar-refractivity contribution in [3.05, 3.63) is 33.1 Å². The normalized spacial score (nSPS) is 18.3. The molecule has 0 bridgehead atoms. The number of morpholine rings is 1. The van der Waals surface area contributed by atoms with Crippen LogP contribution in [0.1, 0.15) is 10.4 Å². The number of hydrogen-bond donors (Lipinski definition) is 1. The third kappa shape index (κ3) is 3.26. The number of rotatable bonds is 3. The highest BCUT2D eigenvalue weighted by molar-refractivity contribution is 6.32. The van der Waals surface area contributed by atoms with Gasteiger partial charge in [-0.2, -0.15) is 0 Å². The van der Waals surface area contributed by atoms with Crippen molar-refractivity contribution in [3.63, 3.8) is 0 Å². The van der Waals surface area contributed by atoms with E-state index < -0.39 is 22.9 Å². The van der Waals surface area contributed by atoms with Crippen LogP contribution in [0.25, 0.3) is 0 Å². The second-order valence-corrected chi connectivity index (χ2v) is 4.60. The fourth-order valence-corrected chi connectivity index (χ4v) is 2.02. The average Bonchev–Trinajstić information content (AvgIpc) is 2.47. The number of aromatic nitrogens is 1. The van der Waals surface area contributed by atoms with E-state index in [9.17, 15) is 19.7 Å². The first kappa shape index (κ1) is 15.1. The van der Waals surface area contributed by atoms with Crippen molar-refractivity contribution in [2.45, 2.75) is 6.10 Å². The standard InChI is InChI=1S/C11H10ClN3O6/c12-9-7(3-6(4-13-9)15(19)20)10(16)14-1-2-21-8(5-14)11(17)18/h3-4,8H,1-2,5H2,(H,17,18). The highest BCUT2D eigenvalue weighted by atomic mass is 35.5. The molecule has 1 saturated heterocycles. The van der Waals surface area contributed by atoms with E-state index in [1.54, 1.807) is 0 Å². The zero-order valence-electron chi connectivity index (χ0n) is 10.6. The number of aliphatic carboxylic acids is 1. The second-order valence-electron chi connectivity index (χ2n) is 4.24. The van der Waals surface area contributed by atoms with Gasteiger partial charge in [-0.1, -0.05) is 11.6 Å². The minimum Gasteiger partial charge on any atom is -0.479 e. The number of carbonyl (C=O) groups is 2. The predicted octanol–water partition coefficient (Wildman–Crippen LogP) is 0.569. The Hall–Kier alpha value is -2.26. The average molecular weight is 316 g/mol. The van der Waals surface area contributed by atoms with Crippen LogP contribution in [-0.2, 0) is 9.53 Å². The maximum Gasteiger partial charge on any atom is 0.334 e. The summed E-state index contributed by atoms with van der Waals surface area (Å²) in [7, 11) is 0. The molecule has 1 aromatic rings. The Balaban J connectivity index is 2.25. The van der Waals surface area contributed by atoms with Crippen LogP contribution in [0.3, 0.4) is 0 Å². The van der Waals surface area contributed by atoms with Crippen molar-refractivity contribution in [1.29, 1.82) is 0 Å². The summed E-state index contributed by atoms with van der Waals surface area (Å²) in [4.78, 5) is 38.0. The number of carboxylic acid groups (broad SMARTS) is 1. The molecular weight excluding hydrogens is 306 g/mol. The Morgan fingerprint density at radius 1 is 1.57 bits per heavy atom. The van der Waals surface area contributed by atoms with Gasteiger partial charge in [0.05, 0.1) is 23.6 Å². The highest BCUT2D eigenvalue weighted by Crippen LogP contribution is 2.21. The summed E-state index contributed by atoms with van der Waals surface area (Å²) < 4.78 is 5.00. The zero-order valence-corrected chi connectivity index (χ0v) is 11.3. The SMILES string of the molecule is O=C(O)C1CN(C(=O)c2cc([N+](=O)[O-])cnc2Cl)CCO1. The van der Waals surface area contributed by atoms with Gasteiger partial charge in [-0.15, -0.1) is 0 Å². The van der Waals surface area contributed by atoms with E-state index >= 15 is 0 Å². The van der Waals surface area contributed by atoms with Gasteiger partial charge >= 0.3 is 5.97 Å². The van der Waals surface area contributed by atoms with Crippen LogP contribution >= 0.6 is 11.6 Å². The molecule has 0 spiro atoms. The van der Waals surface area contributed by atoms with Crippen LogP contribution in [0.2, 0.25) is 5.15 Å². The van der Waals surface area contributed by atoms with Crippen molar-refractivity contribution >= 4 is 29.2 Å². The van der Waals surface area contributed by atoms with E-state index in [4.69, 9.17) is 21.4 Å². The van der Waals surface area contributed by atoms with Crippen molar-refractivity contribution < 1.29 is 24.4 Å². The summed E-state index contributed by atoms with van der Waals surface area (Å²) in [5, 5.41) is 19.4. The molecule has 9 nitrogen and oxygen atoms in total. The molecular formula is C11H10ClN3O6. The first-order valence-electron chi connectivity index (χ1n) is 5.83. The molecule has 1 aliphatic heterocycles. The molecule has 2 heterocycles. The minimum absolute atomic E-state index is 0.0582. The van der Waals surface area contributed by atoms with E-state index in [1.807, 2.05) is 0 Å². The summed E-state index contributed by atoms with van der Waals surface area (Å²) in [5.41, 5.74) is -0.511. The summed E-state index contributed by atoms with van der Waals surface area (Å²) >= 11 is 5.79. The molecule has 1 amide bonds. The molecule has 2 rings (SSSR count). The Kier molecular flexibility index (Phi) is 4.34. The van der Waals surface area contributed by atoms with Gasteiger partial charge in [0.15, 0.2) is 6.10 Å². The summed E-state index contributed by atoms with van der Waals surface area (Å²) in [6.07, 6.45) is -0.188. The van der Waals surface area contributed by atoms with Crippen molar-refractivity contribution in [2.24, 2.45) is 0 Å². The van der Waals surface area contributed by atoms with Gasteiger partial charge in [-0.05, 0) is 0 Å². The van der Waals surface area contributed by atoms with Gasteiger partial charge < -0.3 is 14.7 Å². The third-order valence-corrected chi connectivity index (χ3v) is 3.20. The van der Waals surface area contributed by atoms with Crippen LogP contribution in [0.5, 0.6) is 0 Å². The minimum atomic E-state index is -1.18. The molecule has 1 N–H and O–H groups in total. The lowest BCUT2D eigenvalue weighted by Crippen LogP contribution is -2.48. The summed E-state index contributed by atoms with van der Waals surface area (Å²) in [6.45, 7) is 0.0670. The Bertz CT molecular complexity index is 608. The van der Waals surface area contributed by atoms with E-state index in [1.165, 1.54) is 4.90 Å². The van der Waals surface area contributed by atoms with Crippen LogP contribution in [0.4, 0.5) is 5.69 Å².